The summed E-state index contributed by atoms with van der Waals surface area (Å²) in [5, 5.41) is 0.730. The summed E-state index contributed by atoms with van der Waals surface area (Å²) in [5.74, 6) is -0.200. The minimum absolute atomic E-state index is 0.136. The Morgan fingerprint density at radius 2 is 2.00 bits per heavy atom. The predicted octanol–water partition coefficient (Wildman–Crippen LogP) is 5.47. The molecule has 0 saturated carbocycles. The van der Waals surface area contributed by atoms with Gasteiger partial charge in [-0.2, -0.15) is 0 Å². The third-order valence-electron chi connectivity index (χ3n) is 2.73. The van der Waals surface area contributed by atoms with Gasteiger partial charge < -0.3 is 0 Å². The Hall–Kier alpha value is -0.860. The van der Waals surface area contributed by atoms with E-state index < -0.39 is 0 Å². The largest absolute Gasteiger partial charge is 0.207 e. The van der Waals surface area contributed by atoms with E-state index in [1.807, 2.05) is 25.1 Å². The summed E-state index contributed by atoms with van der Waals surface area (Å²) >= 11 is 9.68. The predicted molar refractivity (Wildman–Crippen MR) is 78.0 cm³/mol. The van der Waals surface area contributed by atoms with Gasteiger partial charge in [0, 0.05) is 9.85 Å². The second kappa shape index (κ2) is 5.85. The van der Waals surface area contributed by atoms with Crippen LogP contribution in [0.4, 0.5) is 4.39 Å². The molecule has 2 aromatic carbocycles. The van der Waals surface area contributed by atoms with Gasteiger partial charge in [0.15, 0.2) is 0 Å². The number of aryl methyl sites for hydroxylation is 1. The van der Waals surface area contributed by atoms with Crippen molar-refractivity contribution in [3.63, 3.8) is 0 Å². The topological polar surface area (TPSA) is 0 Å². The molecular weight excluding hydrogens is 315 g/mol. The molecule has 1 atom stereocenters. The van der Waals surface area contributed by atoms with Crippen molar-refractivity contribution in [2.75, 3.05) is 0 Å². The quantitative estimate of drug-likeness (QED) is 0.656. The van der Waals surface area contributed by atoms with Gasteiger partial charge in [-0.15, -0.1) is 0 Å². The number of hydrogen-bond acceptors (Lipinski definition) is 0. The molecule has 0 fully saturated rings. The average molecular weight is 328 g/mol. The summed E-state index contributed by atoms with van der Waals surface area (Å²) in [6.45, 7) is 2.01. The fraction of sp³-hybridized carbons (Fsp3) is 0.200. The Morgan fingerprint density at radius 3 is 2.67 bits per heavy atom. The Labute approximate surface area is 120 Å². The fourth-order valence-corrected chi connectivity index (χ4v) is 2.87. The number of hydrogen-bond donors (Lipinski definition) is 0. The van der Waals surface area contributed by atoms with Crippen molar-refractivity contribution in [2.45, 2.75) is 18.2 Å². The van der Waals surface area contributed by atoms with Gasteiger partial charge in [-0.05, 0) is 54.3 Å². The van der Waals surface area contributed by atoms with Gasteiger partial charge in [-0.25, -0.2) is 4.39 Å². The maximum Gasteiger partial charge on any atom is 0.123 e. The second-order valence-corrected chi connectivity index (χ2v) is 5.91. The molecule has 0 nitrogen and oxygen atoms in total. The molecule has 18 heavy (non-hydrogen) atoms. The minimum atomic E-state index is -0.200. The van der Waals surface area contributed by atoms with Crippen molar-refractivity contribution in [3.8, 4) is 0 Å². The van der Waals surface area contributed by atoms with Crippen LogP contribution in [-0.2, 0) is 6.42 Å². The van der Waals surface area contributed by atoms with Crippen molar-refractivity contribution < 1.29 is 4.39 Å². The molecule has 0 spiro atoms. The summed E-state index contributed by atoms with van der Waals surface area (Å²) in [6, 6.07) is 12.6. The van der Waals surface area contributed by atoms with Crippen LogP contribution in [0.15, 0.2) is 42.5 Å². The highest BCUT2D eigenvalue weighted by molar-refractivity contribution is 9.09. The highest BCUT2D eigenvalue weighted by Crippen LogP contribution is 2.29. The van der Waals surface area contributed by atoms with Crippen molar-refractivity contribution >= 4 is 27.5 Å². The van der Waals surface area contributed by atoms with Gasteiger partial charge in [-0.3, -0.25) is 0 Å². The van der Waals surface area contributed by atoms with E-state index in [2.05, 4.69) is 22.0 Å². The number of rotatable bonds is 3. The molecule has 3 heteroatoms. The lowest BCUT2D eigenvalue weighted by atomic mass is 10.0. The fourth-order valence-electron chi connectivity index (χ4n) is 1.93. The van der Waals surface area contributed by atoms with Gasteiger partial charge >= 0.3 is 0 Å². The number of alkyl halides is 1. The normalized spacial score (nSPS) is 12.4. The molecular formula is C15H13BrClF. The van der Waals surface area contributed by atoms with Crippen LogP contribution >= 0.6 is 27.5 Å². The first-order valence-electron chi connectivity index (χ1n) is 5.70. The molecule has 0 bridgehead atoms. The Bertz CT molecular complexity index is 534. The van der Waals surface area contributed by atoms with Crippen LogP contribution in [0.1, 0.15) is 21.5 Å². The third kappa shape index (κ3) is 3.56. The van der Waals surface area contributed by atoms with E-state index in [9.17, 15) is 4.39 Å². The highest BCUT2D eigenvalue weighted by Gasteiger charge is 2.10. The Kier molecular flexibility index (Phi) is 4.41. The number of halogens is 3. The lowest BCUT2D eigenvalue weighted by molar-refractivity contribution is 0.625. The summed E-state index contributed by atoms with van der Waals surface area (Å²) in [5.41, 5.74) is 3.21. The van der Waals surface area contributed by atoms with Crippen LogP contribution in [-0.4, -0.2) is 0 Å². The lowest BCUT2D eigenvalue weighted by Crippen LogP contribution is -1.96. The second-order valence-electron chi connectivity index (χ2n) is 4.36. The zero-order valence-electron chi connectivity index (χ0n) is 9.96. The van der Waals surface area contributed by atoms with Crippen molar-refractivity contribution in [1.82, 2.24) is 0 Å². The maximum atomic E-state index is 13.1. The first kappa shape index (κ1) is 13.6. The van der Waals surface area contributed by atoms with Gasteiger partial charge in [0.1, 0.15) is 5.82 Å². The van der Waals surface area contributed by atoms with Crippen LogP contribution in [0.5, 0.6) is 0 Å². The van der Waals surface area contributed by atoms with E-state index in [1.54, 1.807) is 12.1 Å². The van der Waals surface area contributed by atoms with E-state index in [4.69, 9.17) is 11.6 Å². The van der Waals surface area contributed by atoms with Crippen LogP contribution in [0.2, 0.25) is 5.02 Å². The minimum Gasteiger partial charge on any atom is -0.207 e. The van der Waals surface area contributed by atoms with Crippen LogP contribution in [0, 0.1) is 12.7 Å². The molecule has 0 aromatic heterocycles. The monoisotopic (exact) mass is 326 g/mol. The van der Waals surface area contributed by atoms with E-state index in [1.165, 1.54) is 6.07 Å². The van der Waals surface area contributed by atoms with Crippen molar-refractivity contribution in [1.29, 1.82) is 0 Å². The molecule has 94 valence electrons. The van der Waals surface area contributed by atoms with Gasteiger partial charge in [-0.1, -0.05) is 45.7 Å². The molecule has 1 unspecified atom stereocenters. The smallest absolute Gasteiger partial charge is 0.123 e. The van der Waals surface area contributed by atoms with Gasteiger partial charge in [0.25, 0.3) is 0 Å². The maximum absolute atomic E-state index is 13.1. The standard InChI is InChI=1S/C15H13BrClF/c1-10-5-12(9-13(17)6-10)15(16)8-11-3-2-4-14(18)7-11/h2-7,9,15H,8H2,1H3. The van der Waals surface area contributed by atoms with Crippen LogP contribution in [0.25, 0.3) is 0 Å². The first-order chi connectivity index (χ1) is 8.54. The van der Waals surface area contributed by atoms with Gasteiger partial charge in [0.05, 0.1) is 0 Å². The van der Waals surface area contributed by atoms with E-state index in [0.29, 0.717) is 0 Å². The third-order valence-corrected chi connectivity index (χ3v) is 3.80. The molecule has 0 aliphatic heterocycles. The molecule has 0 heterocycles. The Morgan fingerprint density at radius 1 is 1.22 bits per heavy atom. The van der Waals surface area contributed by atoms with Gasteiger partial charge in [0.2, 0.25) is 0 Å². The van der Waals surface area contributed by atoms with Crippen LogP contribution in [0.3, 0.4) is 0 Å². The van der Waals surface area contributed by atoms with Crippen molar-refractivity contribution in [3.05, 3.63) is 70.0 Å². The zero-order valence-corrected chi connectivity index (χ0v) is 12.3. The molecule has 0 radical (unpaired) electrons. The SMILES string of the molecule is Cc1cc(Cl)cc(C(Br)Cc2cccc(F)c2)c1. The molecule has 2 aromatic rings. The summed E-state index contributed by atoms with van der Waals surface area (Å²) < 4.78 is 13.1. The Balaban J connectivity index is 2.19. The van der Waals surface area contributed by atoms with Crippen molar-refractivity contribution in [2.24, 2.45) is 0 Å². The summed E-state index contributed by atoms with van der Waals surface area (Å²) in [7, 11) is 0. The molecule has 0 aliphatic carbocycles. The molecule has 2 rings (SSSR count). The molecule has 0 aliphatic rings. The summed E-state index contributed by atoms with van der Waals surface area (Å²) in [6.07, 6.45) is 0.734. The summed E-state index contributed by atoms with van der Waals surface area (Å²) in [4.78, 5) is 0.136. The lowest BCUT2D eigenvalue weighted by Gasteiger charge is -2.12. The van der Waals surface area contributed by atoms with E-state index >= 15 is 0 Å². The van der Waals surface area contributed by atoms with E-state index in [-0.39, 0.29) is 10.6 Å². The molecule has 0 amide bonds. The highest BCUT2D eigenvalue weighted by atomic mass is 79.9. The van der Waals surface area contributed by atoms with Crippen LogP contribution < -0.4 is 0 Å². The first-order valence-corrected chi connectivity index (χ1v) is 6.99. The number of benzene rings is 2. The molecule has 0 saturated heterocycles. The van der Waals surface area contributed by atoms with E-state index in [0.717, 1.165) is 28.1 Å². The zero-order chi connectivity index (χ0) is 13.1. The average Bonchev–Trinajstić information content (AvgIpc) is 2.27. The molecule has 0 N–H and O–H groups in total.